The molecule has 0 atom stereocenters. The molecule has 0 radical (unpaired) electrons. The maximum Gasteiger partial charge on any atom is 0.256 e. The minimum Gasteiger partial charge on any atom is -0.497 e. The summed E-state index contributed by atoms with van der Waals surface area (Å²) < 4.78 is 11.2. The lowest BCUT2D eigenvalue weighted by Crippen LogP contribution is -2.06. The monoisotopic (exact) mass is 333 g/mol. The van der Waals surface area contributed by atoms with Gasteiger partial charge in [0.25, 0.3) is 5.56 Å². The highest BCUT2D eigenvalue weighted by Gasteiger charge is 2.10. The number of methoxy groups -OCH3 is 2. The zero-order chi connectivity index (χ0) is 14.3. The summed E-state index contributed by atoms with van der Waals surface area (Å²) in [5.74, 6) is 1.40. The number of H-pyrrole nitrogens is 1. The first kappa shape index (κ1) is 13.0. The summed E-state index contributed by atoms with van der Waals surface area (Å²) in [6.45, 7) is 0. The average Bonchev–Trinajstić information content (AvgIpc) is 2.46. The number of ether oxygens (including phenoxy) is 2. The van der Waals surface area contributed by atoms with E-state index in [0.717, 1.165) is 20.8 Å². The van der Waals surface area contributed by atoms with Crippen molar-refractivity contribution in [3.63, 3.8) is 0 Å². The predicted octanol–water partition coefficient (Wildman–Crippen LogP) is 3.46. The maximum atomic E-state index is 12.2. The van der Waals surface area contributed by atoms with Crippen LogP contribution in [0.15, 0.2) is 39.6 Å². The number of halogens is 1. The first-order chi connectivity index (χ1) is 9.63. The summed E-state index contributed by atoms with van der Waals surface area (Å²) in [5, 5.41) is 2.42. The van der Waals surface area contributed by atoms with Gasteiger partial charge in [-0.15, -0.1) is 0 Å². The molecule has 0 bridgehead atoms. The Morgan fingerprint density at radius 2 is 1.80 bits per heavy atom. The van der Waals surface area contributed by atoms with E-state index in [1.165, 1.54) is 0 Å². The molecule has 1 heterocycles. The van der Waals surface area contributed by atoms with Crippen molar-refractivity contribution in [1.29, 1.82) is 0 Å². The van der Waals surface area contributed by atoms with Gasteiger partial charge in [0.05, 0.1) is 24.2 Å². The van der Waals surface area contributed by atoms with Crippen LogP contribution in [0.5, 0.6) is 11.5 Å². The van der Waals surface area contributed by atoms with Crippen LogP contribution in [0.1, 0.15) is 0 Å². The molecule has 1 N–H and O–H groups in total. The fourth-order valence-electron chi connectivity index (χ4n) is 2.30. The first-order valence-corrected chi connectivity index (χ1v) is 6.80. The Morgan fingerprint density at radius 3 is 2.50 bits per heavy atom. The Bertz CT molecular complexity index is 870. The molecule has 5 heteroatoms. The second-order valence-corrected chi connectivity index (χ2v) is 5.25. The summed E-state index contributed by atoms with van der Waals surface area (Å²) in [6.07, 6.45) is 0. The normalized spacial score (nSPS) is 10.9. The topological polar surface area (TPSA) is 51.3 Å². The van der Waals surface area contributed by atoms with E-state index in [4.69, 9.17) is 9.47 Å². The highest BCUT2D eigenvalue weighted by Crippen LogP contribution is 2.32. The average molecular weight is 334 g/mol. The van der Waals surface area contributed by atoms with Gasteiger partial charge in [0.2, 0.25) is 0 Å². The molecule has 0 unspecified atom stereocenters. The lowest BCUT2D eigenvalue weighted by atomic mass is 10.1. The summed E-state index contributed by atoms with van der Waals surface area (Å²) in [6, 6.07) is 9.25. The Balaban J connectivity index is 2.48. The van der Waals surface area contributed by atoms with Gasteiger partial charge in [-0.1, -0.05) is 0 Å². The third-order valence-electron chi connectivity index (χ3n) is 3.30. The van der Waals surface area contributed by atoms with Crippen LogP contribution in [0, 0.1) is 0 Å². The number of hydrogen-bond acceptors (Lipinski definition) is 3. The van der Waals surface area contributed by atoms with Crippen LogP contribution < -0.4 is 15.0 Å². The third kappa shape index (κ3) is 1.94. The molecule has 0 saturated heterocycles. The fourth-order valence-corrected chi connectivity index (χ4v) is 2.80. The van der Waals surface area contributed by atoms with E-state index in [-0.39, 0.29) is 5.56 Å². The molecule has 0 aliphatic rings. The number of fused-ring (bicyclic) bond motifs is 3. The molecule has 3 rings (SSSR count). The highest BCUT2D eigenvalue weighted by molar-refractivity contribution is 9.10. The number of rotatable bonds is 2. The van der Waals surface area contributed by atoms with E-state index < -0.39 is 0 Å². The smallest absolute Gasteiger partial charge is 0.256 e. The Labute approximate surface area is 123 Å². The van der Waals surface area contributed by atoms with Crippen molar-refractivity contribution in [2.24, 2.45) is 0 Å². The largest absolute Gasteiger partial charge is 0.497 e. The molecule has 3 aromatic rings. The van der Waals surface area contributed by atoms with Gasteiger partial charge >= 0.3 is 0 Å². The number of aromatic amines is 1. The van der Waals surface area contributed by atoms with E-state index in [9.17, 15) is 4.79 Å². The predicted molar refractivity (Wildman–Crippen MR) is 82.9 cm³/mol. The summed E-state index contributed by atoms with van der Waals surface area (Å²) in [5.41, 5.74) is 0.607. The standard InChI is InChI=1S/C15H12BrNO3/c1-19-8-3-4-9-10-7-14(20-2)12(16)6-11(10)15(18)17-13(9)5-8/h3-7H,1-2H3,(H,17,18). The van der Waals surface area contributed by atoms with Gasteiger partial charge in [-0.3, -0.25) is 4.79 Å². The Morgan fingerprint density at radius 1 is 1.00 bits per heavy atom. The SMILES string of the molecule is COc1ccc2c(c1)[nH]c(=O)c1cc(Br)c(OC)cc12. The molecule has 20 heavy (non-hydrogen) atoms. The maximum absolute atomic E-state index is 12.2. The van der Waals surface area contributed by atoms with Crippen LogP contribution in [0.25, 0.3) is 21.7 Å². The van der Waals surface area contributed by atoms with Crippen molar-refractivity contribution in [1.82, 2.24) is 4.98 Å². The molecule has 2 aromatic carbocycles. The number of aromatic nitrogens is 1. The number of nitrogens with one attached hydrogen (secondary N) is 1. The van der Waals surface area contributed by atoms with Crippen molar-refractivity contribution in [3.8, 4) is 11.5 Å². The molecule has 0 aliphatic heterocycles. The second-order valence-electron chi connectivity index (χ2n) is 4.40. The molecule has 0 spiro atoms. The van der Waals surface area contributed by atoms with E-state index in [1.807, 2.05) is 24.3 Å². The van der Waals surface area contributed by atoms with Crippen molar-refractivity contribution >= 4 is 37.6 Å². The van der Waals surface area contributed by atoms with Crippen LogP contribution in [-0.4, -0.2) is 19.2 Å². The molecule has 0 saturated carbocycles. The minimum absolute atomic E-state index is 0.135. The van der Waals surface area contributed by atoms with Crippen molar-refractivity contribution in [2.75, 3.05) is 14.2 Å². The Kier molecular flexibility index (Phi) is 3.14. The van der Waals surface area contributed by atoms with Gasteiger partial charge in [0.1, 0.15) is 11.5 Å². The third-order valence-corrected chi connectivity index (χ3v) is 3.92. The van der Waals surface area contributed by atoms with Gasteiger partial charge in [0, 0.05) is 22.2 Å². The number of benzene rings is 2. The van der Waals surface area contributed by atoms with E-state index in [1.54, 1.807) is 20.3 Å². The van der Waals surface area contributed by atoms with E-state index in [2.05, 4.69) is 20.9 Å². The van der Waals surface area contributed by atoms with Crippen LogP contribution in [0.3, 0.4) is 0 Å². The van der Waals surface area contributed by atoms with E-state index in [0.29, 0.717) is 16.9 Å². The highest BCUT2D eigenvalue weighted by atomic mass is 79.9. The van der Waals surface area contributed by atoms with Gasteiger partial charge in [0.15, 0.2) is 0 Å². The lowest BCUT2D eigenvalue weighted by Gasteiger charge is -2.09. The van der Waals surface area contributed by atoms with Gasteiger partial charge < -0.3 is 14.5 Å². The van der Waals surface area contributed by atoms with Gasteiger partial charge in [-0.25, -0.2) is 0 Å². The van der Waals surface area contributed by atoms with Crippen molar-refractivity contribution < 1.29 is 9.47 Å². The van der Waals surface area contributed by atoms with Crippen LogP contribution in [0.2, 0.25) is 0 Å². The molecule has 102 valence electrons. The molecule has 0 amide bonds. The van der Waals surface area contributed by atoms with Crippen molar-refractivity contribution in [2.45, 2.75) is 0 Å². The molecular weight excluding hydrogens is 322 g/mol. The zero-order valence-corrected chi connectivity index (χ0v) is 12.6. The first-order valence-electron chi connectivity index (χ1n) is 6.01. The van der Waals surface area contributed by atoms with Crippen LogP contribution in [-0.2, 0) is 0 Å². The minimum atomic E-state index is -0.135. The molecule has 0 aliphatic carbocycles. The van der Waals surface area contributed by atoms with Gasteiger partial charge in [-0.05, 0) is 40.2 Å². The van der Waals surface area contributed by atoms with Crippen LogP contribution in [0.4, 0.5) is 0 Å². The summed E-state index contributed by atoms with van der Waals surface area (Å²) in [7, 11) is 3.20. The lowest BCUT2D eigenvalue weighted by molar-refractivity contribution is 0.413. The number of pyridine rings is 1. The molecule has 0 fully saturated rings. The summed E-state index contributed by atoms with van der Waals surface area (Å²) in [4.78, 5) is 15.1. The molecule has 1 aromatic heterocycles. The molecule has 4 nitrogen and oxygen atoms in total. The van der Waals surface area contributed by atoms with Gasteiger partial charge in [-0.2, -0.15) is 0 Å². The fraction of sp³-hybridized carbons (Fsp3) is 0.133. The van der Waals surface area contributed by atoms with Crippen molar-refractivity contribution in [3.05, 3.63) is 45.2 Å². The quantitative estimate of drug-likeness (QED) is 0.730. The molecular formula is C15H12BrNO3. The van der Waals surface area contributed by atoms with E-state index >= 15 is 0 Å². The number of hydrogen-bond donors (Lipinski definition) is 1. The van der Waals surface area contributed by atoms with Crippen LogP contribution >= 0.6 is 15.9 Å². The summed E-state index contributed by atoms with van der Waals surface area (Å²) >= 11 is 3.40. The Hall–Kier alpha value is -2.01. The second kappa shape index (κ2) is 4.83. The zero-order valence-electron chi connectivity index (χ0n) is 11.0.